The molecule has 7 heteroatoms. The van der Waals surface area contributed by atoms with Gasteiger partial charge in [-0.1, -0.05) is 72.4 Å². The van der Waals surface area contributed by atoms with Gasteiger partial charge in [-0.15, -0.1) is 0 Å². The van der Waals surface area contributed by atoms with Crippen molar-refractivity contribution >= 4 is 35.4 Å². The number of nitrogens with zero attached hydrogens (tertiary/aromatic N) is 2. The van der Waals surface area contributed by atoms with Crippen LogP contribution in [0.15, 0.2) is 76.8 Å². The Hall–Kier alpha value is -3.63. The lowest BCUT2D eigenvalue weighted by atomic mass is 10.0. The number of amides is 2. The summed E-state index contributed by atoms with van der Waals surface area (Å²) in [4.78, 5) is 27.1. The predicted octanol–water partition coefficient (Wildman–Crippen LogP) is 3.01. The fourth-order valence-electron chi connectivity index (χ4n) is 3.48. The zero-order chi connectivity index (χ0) is 20.5. The molecule has 2 aromatic carbocycles. The normalized spacial score (nSPS) is 22.6. The van der Waals surface area contributed by atoms with Crippen LogP contribution >= 0.6 is 11.8 Å². The maximum absolute atomic E-state index is 13.3. The number of fused-ring (bicyclic) bond motifs is 1. The van der Waals surface area contributed by atoms with E-state index < -0.39 is 17.2 Å². The van der Waals surface area contributed by atoms with Gasteiger partial charge in [-0.3, -0.25) is 14.5 Å². The first-order valence-corrected chi connectivity index (χ1v) is 9.75. The number of nitrogens with two attached hydrogens (primary N) is 1. The third-order valence-electron chi connectivity index (χ3n) is 4.79. The van der Waals surface area contributed by atoms with Crippen LogP contribution in [-0.2, 0) is 9.59 Å². The first-order valence-electron chi connectivity index (χ1n) is 8.87. The molecule has 0 radical (unpaired) electrons. The SMILES string of the molecule is N#CC1C(=N)/C(=C\c2ccccc2)C2=C(C(N)=O)S[C@H](c3ccccc3)C(=O)N21. The highest BCUT2D eigenvalue weighted by Crippen LogP contribution is 2.48. The van der Waals surface area contributed by atoms with Gasteiger partial charge in [0.2, 0.25) is 5.91 Å². The fraction of sp³-hybridized carbons (Fsp3) is 0.0909. The number of benzene rings is 2. The second-order valence-corrected chi connectivity index (χ2v) is 7.69. The third kappa shape index (κ3) is 3.13. The Kier molecular flexibility index (Phi) is 4.79. The van der Waals surface area contributed by atoms with Gasteiger partial charge in [-0.05, 0) is 17.2 Å². The summed E-state index contributed by atoms with van der Waals surface area (Å²) < 4.78 is 0. The van der Waals surface area contributed by atoms with E-state index in [2.05, 4.69) is 0 Å². The number of nitriles is 1. The molecule has 0 aromatic heterocycles. The van der Waals surface area contributed by atoms with E-state index in [0.29, 0.717) is 11.1 Å². The Bertz CT molecular complexity index is 1120. The number of nitrogens with one attached hydrogen (secondary N) is 1. The molecule has 2 aliphatic rings. The lowest BCUT2D eigenvalue weighted by molar-refractivity contribution is -0.128. The monoisotopic (exact) mass is 400 g/mol. The minimum Gasteiger partial charge on any atom is -0.365 e. The minimum absolute atomic E-state index is 0.0206. The topological polar surface area (TPSA) is 111 Å². The molecule has 2 atom stereocenters. The second kappa shape index (κ2) is 7.41. The van der Waals surface area contributed by atoms with Crippen molar-refractivity contribution in [1.82, 2.24) is 4.90 Å². The van der Waals surface area contributed by atoms with Crippen molar-refractivity contribution in [2.75, 3.05) is 0 Å². The number of allylic oxidation sites excluding steroid dienone is 1. The number of hydrogen-bond donors (Lipinski definition) is 2. The summed E-state index contributed by atoms with van der Waals surface area (Å²) in [5.41, 5.74) is 7.76. The molecule has 1 fully saturated rings. The highest BCUT2D eigenvalue weighted by Gasteiger charge is 2.49. The Morgan fingerprint density at radius 1 is 1.14 bits per heavy atom. The molecule has 1 saturated heterocycles. The van der Waals surface area contributed by atoms with Crippen molar-refractivity contribution in [3.8, 4) is 6.07 Å². The Labute approximate surface area is 171 Å². The third-order valence-corrected chi connectivity index (χ3v) is 6.13. The fourth-order valence-corrected chi connectivity index (χ4v) is 4.66. The molecule has 2 amide bonds. The van der Waals surface area contributed by atoms with Gasteiger partial charge in [0, 0.05) is 5.57 Å². The minimum atomic E-state index is -1.10. The Balaban J connectivity index is 1.92. The molecule has 0 spiro atoms. The summed E-state index contributed by atoms with van der Waals surface area (Å²) in [6, 6.07) is 19.2. The second-order valence-electron chi connectivity index (χ2n) is 6.57. The van der Waals surface area contributed by atoms with Crippen molar-refractivity contribution in [2.45, 2.75) is 11.3 Å². The molecule has 2 aliphatic heterocycles. The Morgan fingerprint density at radius 3 is 2.34 bits per heavy atom. The highest BCUT2D eigenvalue weighted by atomic mass is 32.2. The van der Waals surface area contributed by atoms with Gasteiger partial charge in [0.25, 0.3) is 5.91 Å². The molecule has 1 unspecified atom stereocenters. The zero-order valence-corrected chi connectivity index (χ0v) is 16.0. The van der Waals surface area contributed by atoms with Gasteiger partial charge in [-0.2, -0.15) is 5.26 Å². The highest BCUT2D eigenvalue weighted by molar-refractivity contribution is 8.05. The summed E-state index contributed by atoms with van der Waals surface area (Å²) in [5.74, 6) is -1.03. The molecule has 0 saturated carbocycles. The van der Waals surface area contributed by atoms with Crippen LogP contribution < -0.4 is 5.73 Å². The molecule has 3 N–H and O–H groups in total. The van der Waals surface area contributed by atoms with Crippen LogP contribution in [0.2, 0.25) is 0 Å². The standard InChI is InChI=1S/C22H16N4O2S/c23-12-16-17(24)15(11-13-7-3-1-4-8-13)18-20(21(25)27)29-19(22(28)26(16)18)14-9-5-2-6-10-14/h1-11,16,19,24H,(H2,25,27)/b15-11+,24-17?/t16?,19-/m1/s1. The first-order chi connectivity index (χ1) is 14.0. The first kappa shape index (κ1) is 18.7. The molecular weight excluding hydrogens is 384 g/mol. The van der Waals surface area contributed by atoms with Crippen LogP contribution in [0.1, 0.15) is 16.4 Å². The van der Waals surface area contributed by atoms with Crippen LogP contribution in [0.25, 0.3) is 6.08 Å². The lowest BCUT2D eigenvalue weighted by Crippen LogP contribution is -2.42. The van der Waals surface area contributed by atoms with Gasteiger partial charge in [0.05, 0.1) is 22.4 Å². The van der Waals surface area contributed by atoms with E-state index in [-0.39, 0.29) is 22.2 Å². The number of carbonyl (C=O) groups is 2. The molecule has 142 valence electrons. The van der Waals surface area contributed by atoms with Crippen molar-refractivity contribution in [2.24, 2.45) is 5.73 Å². The van der Waals surface area contributed by atoms with Crippen molar-refractivity contribution in [3.63, 3.8) is 0 Å². The van der Waals surface area contributed by atoms with Crippen LogP contribution in [0, 0.1) is 16.7 Å². The van der Waals surface area contributed by atoms with E-state index in [1.807, 2.05) is 42.5 Å². The van der Waals surface area contributed by atoms with Gasteiger partial charge < -0.3 is 11.1 Å². The summed E-state index contributed by atoms with van der Waals surface area (Å²) in [6.45, 7) is 0. The van der Waals surface area contributed by atoms with Gasteiger partial charge in [-0.25, -0.2) is 0 Å². The zero-order valence-electron chi connectivity index (χ0n) is 15.2. The van der Waals surface area contributed by atoms with Crippen LogP contribution in [0.3, 0.4) is 0 Å². The Morgan fingerprint density at radius 2 is 1.76 bits per heavy atom. The summed E-state index contributed by atoms with van der Waals surface area (Å²) in [7, 11) is 0. The number of rotatable bonds is 3. The maximum atomic E-state index is 13.3. The summed E-state index contributed by atoms with van der Waals surface area (Å²) in [6.07, 6.45) is 1.71. The lowest BCUT2D eigenvalue weighted by Gasteiger charge is -2.32. The van der Waals surface area contributed by atoms with E-state index in [9.17, 15) is 14.9 Å². The molecule has 4 rings (SSSR count). The molecule has 29 heavy (non-hydrogen) atoms. The summed E-state index contributed by atoms with van der Waals surface area (Å²) >= 11 is 1.07. The number of carbonyl (C=O) groups excluding carboxylic acids is 2. The predicted molar refractivity (Wildman–Crippen MR) is 111 cm³/mol. The quantitative estimate of drug-likeness (QED) is 0.825. The van der Waals surface area contributed by atoms with Crippen molar-refractivity contribution in [1.29, 1.82) is 10.7 Å². The van der Waals surface area contributed by atoms with E-state index >= 15 is 0 Å². The van der Waals surface area contributed by atoms with Gasteiger partial charge in [0.15, 0.2) is 6.04 Å². The maximum Gasteiger partial charge on any atom is 0.257 e. The van der Waals surface area contributed by atoms with Gasteiger partial charge >= 0.3 is 0 Å². The largest absolute Gasteiger partial charge is 0.365 e. The average molecular weight is 400 g/mol. The molecule has 2 aromatic rings. The summed E-state index contributed by atoms with van der Waals surface area (Å²) in [5, 5.41) is 17.5. The number of thioether (sulfide) groups is 1. The van der Waals surface area contributed by atoms with Crippen LogP contribution in [0.5, 0.6) is 0 Å². The van der Waals surface area contributed by atoms with Crippen molar-refractivity contribution in [3.05, 3.63) is 88.0 Å². The van der Waals surface area contributed by atoms with Crippen molar-refractivity contribution < 1.29 is 9.59 Å². The van der Waals surface area contributed by atoms with Crippen LogP contribution in [-0.4, -0.2) is 28.5 Å². The molecular formula is C22H16N4O2S. The molecule has 0 bridgehead atoms. The smallest absolute Gasteiger partial charge is 0.257 e. The van der Waals surface area contributed by atoms with E-state index in [4.69, 9.17) is 11.1 Å². The van der Waals surface area contributed by atoms with E-state index in [1.165, 1.54) is 4.90 Å². The average Bonchev–Trinajstić information content (AvgIpc) is 3.01. The van der Waals surface area contributed by atoms with Gasteiger partial charge in [0.1, 0.15) is 5.25 Å². The van der Waals surface area contributed by atoms with Crippen LogP contribution in [0.4, 0.5) is 0 Å². The van der Waals surface area contributed by atoms with E-state index in [0.717, 1.165) is 17.3 Å². The number of primary amides is 1. The molecule has 0 aliphatic carbocycles. The number of hydrogen-bond acceptors (Lipinski definition) is 5. The molecule has 2 heterocycles. The van der Waals surface area contributed by atoms with E-state index in [1.54, 1.807) is 30.3 Å². The molecule has 6 nitrogen and oxygen atoms in total.